The molecule has 7 heteroatoms. The van der Waals surface area contributed by atoms with E-state index < -0.39 is 5.97 Å². The monoisotopic (exact) mass is 361 g/mol. The summed E-state index contributed by atoms with van der Waals surface area (Å²) >= 11 is 1.56. The highest BCUT2D eigenvalue weighted by Gasteiger charge is 2.18. The fraction of sp³-hybridized carbons (Fsp3) is 0.389. The molecule has 0 bridgehead atoms. The maximum Gasteiger partial charge on any atom is 0.304 e. The minimum absolute atomic E-state index is 0.154. The van der Waals surface area contributed by atoms with E-state index >= 15 is 0 Å². The van der Waals surface area contributed by atoms with Crippen LogP contribution in [0.3, 0.4) is 0 Å². The van der Waals surface area contributed by atoms with Crippen molar-refractivity contribution in [2.75, 3.05) is 11.1 Å². The number of aliphatic carboxylic acids is 1. The van der Waals surface area contributed by atoms with Gasteiger partial charge in [-0.25, -0.2) is 0 Å². The number of anilines is 1. The van der Waals surface area contributed by atoms with Crippen LogP contribution in [0.4, 0.5) is 5.69 Å². The van der Waals surface area contributed by atoms with Gasteiger partial charge in [-0.1, -0.05) is 12.1 Å². The lowest BCUT2D eigenvalue weighted by Crippen LogP contribution is -2.14. The van der Waals surface area contributed by atoms with Crippen molar-refractivity contribution in [3.63, 3.8) is 0 Å². The summed E-state index contributed by atoms with van der Waals surface area (Å²) < 4.78 is 1.82. The number of rotatable bonds is 8. The van der Waals surface area contributed by atoms with Crippen LogP contribution in [0.25, 0.3) is 0 Å². The number of hydrogen-bond donors (Lipinski definition) is 2. The quantitative estimate of drug-likeness (QED) is 0.703. The van der Waals surface area contributed by atoms with E-state index in [4.69, 9.17) is 5.11 Å². The number of aryl methyl sites for hydroxylation is 2. The zero-order valence-electron chi connectivity index (χ0n) is 14.7. The molecule has 0 spiro atoms. The molecule has 1 aromatic carbocycles. The van der Waals surface area contributed by atoms with Crippen LogP contribution >= 0.6 is 11.8 Å². The second-order valence-electron chi connectivity index (χ2n) is 5.71. The van der Waals surface area contributed by atoms with E-state index in [0.29, 0.717) is 17.1 Å². The minimum Gasteiger partial charge on any atom is -0.481 e. The van der Waals surface area contributed by atoms with Crippen molar-refractivity contribution < 1.29 is 14.7 Å². The number of aromatic nitrogens is 2. The van der Waals surface area contributed by atoms with Crippen LogP contribution in [0.15, 0.2) is 24.3 Å². The van der Waals surface area contributed by atoms with Crippen LogP contribution < -0.4 is 5.32 Å². The first-order chi connectivity index (χ1) is 11.9. The van der Waals surface area contributed by atoms with Gasteiger partial charge in [0.2, 0.25) is 0 Å². The highest BCUT2D eigenvalue weighted by molar-refractivity contribution is 7.98. The van der Waals surface area contributed by atoms with Gasteiger partial charge in [0.15, 0.2) is 0 Å². The molecule has 2 aromatic rings. The second kappa shape index (κ2) is 8.71. The van der Waals surface area contributed by atoms with Crippen LogP contribution in [-0.4, -0.2) is 32.5 Å². The Labute approximate surface area is 151 Å². The van der Waals surface area contributed by atoms with Gasteiger partial charge in [-0.15, -0.1) is 0 Å². The molecule has 0 saturated carbocycles. The smallest absolute Gasteiger partial charge is 0.304 e. The largest absolute Gasteiger partial charge is 0.481 e. The van der Waals surface area contributed by atoms with Gasteiger partial charge in [-0.05, 0) is 38.5 Å². The average Bonchev–Trinajstić information content (AvgIpc) is 2.85. The van der Waals surface area contributed by atoms with E-state index in [-0.39, 0.29) is 12.3 Å². The van der Waals surface area contributed by atoms with E-state index in [1.54, 1.807) is 11.8 Å². The molecule has 134 valence electrons. The van der Waals surface area contributed by atoms with Gasteiger partial charge in [0.1, 0.15) is 0 Å². The molecule has 0 saturated heterocycles. The van der Waals surface area contributed by atoms with Crippen LogP contribution in [0, 0.1) is 13.8 Å². The SMILES string of the molecule is CCn1nc(C)c(C(=O)Nc2cccc(CSCCC(=O)O)c2)c1C. The third-order valence-electron chi connectivity index (χ3n) is 3.82. The van der Waals surface area contributed by atoms with Gasteiger partial charge >= 0.3 is 5.97 Å². The Morgan fingerprint density at radius 1 is 1.32 bits per heavy atom. The second-order valence-corrected chi connectivity index (χ2v) is 6.82. The number of carbonyl (C=O) groups excluding carboxylic acids is 1. The van der Waals surface area contributed by atoms with Crippen LogP contribution in [0.5, 0.6) is 0 Å². The molecule has 0 aliphatic carbocycles. The Bertz CT molecular complexity index is 771. The van der Waals surface area contributed by atoms with Gasteiger partial charge in [0, 0.05) is 29.4 Å². The molecule has 0 aliphatic rings. The Balaban J connectivity index is 2.03. The van der Waals surface area contributed by atoms with Crippen LogP contribution in [0.2, 0.25) is 0 Å². The van der Waals surface area contributed by atoms with Crippen molar-refractivity contribution >= 4 is 29.3 Å². The summed E-state index contributed by atoms with van der Waals surface area (Å²) in [5.41, 5.74) is 3.97. The molecule has 0 unspecified atom stereocenters. The number of nitrogens with one attached hydrogen (secondary N) is 1. The van der Waals surface area contributed by atoms with Gasteiger partial charge in [0.05, 0.1) is 17.7 Å². The number of carbonyl (C=O) groups is 2. The molecular weight excluding hydrogens is 338 g/mol. The van der Waals surface area contributed by atoms with Crippen molar-refractivity contribution in [2.24, 2.45) is 0 Å². The maximum atomic E-state index is 12.6. The maximum absolute atomic E-state index is 12.6. The third kappa shape index (κ3) is 5.09. The van der Waals surface area contributed by atoms with Crippen molar-refractivity contribution in [3.8, 4) is 0 Å². The van der Waals surface area contributed by atoms with E-state index in [2.05, 4.69) is 10.4 Å². The summed E-state index contributed by atoms with van der Waals surface area (Å²) in [6.07, 6.45) is 0.154. The Hall–Kier alpha value is -2.28. The predicted octanol–water partition coefficient (Wildman–Crippen LogP) is 3.48. The van der Waals surface area contributed by atoms with Gasteiger partial charge < -0.3 is 10.4 Å². The number of carboxylic acid groups (broad SMARTS) is 1. The van der Waals surface area contributed by atoms with E-state index in [1.165, 1.54) is 0 Å². The fourth-order valence-corrected chi connectivity index (χ4v) is 3.49. The average molecular weight is 361 g/mol. The summed E-state index contributed by atoms with van der Waals surface area (Å²) in [4.78, 5) is 23.1. The highest BCUT2D eigenvalue weighted by Crippen LogP contribution is 2.19. The lowest BCUT2D eigenvalue weighted by molar-refractivity contribution is -0.136. The molecule has 25 heavy (non-hydrogen) atoms. The molecule has 2 N–H and O–H groups in total. The Morgan fingerprint density at radius 2 is 2.08 bits per heavy atom. The normalized spacial score (nSPS) is 10.7. The number of amides is 1. The topological polar surface area (TPSA) is 84.2 Å². The van der Waals surface area contributed by atoms with Gasteiger partial charge in [0.25, 0.3) is 5.91 Å². The standard InChI is InChI=1S/C18H23N3O3S/c1-4-21-13(3)17(12(2)20-21)18(24)19-15-7-5-6-14(10-15)11-25-9-8-16(22)23/h5-7,10H,4,8-9,11H2,1-3H3,(H,19,24)(H,22,23). The first kappa shape index (κ1) is 19.1. The molecule has 1 amide bonds. The first-order valence-corrected chi connectivity index (χ1v) is 9.31. The number of nitrogens with zero attached hydrogens (tertiary/aromatic N) is 2. The van der Waals surface area contributed by atoms with Crippen LogP contribution in [0.1, 0.15) is 40.7 Å². The summed E-state index contributed by atoms with van der Waals surface area (Å²) in [6, 6.07) is 7.62. The lowest BCUT2D eigenvalue weighted by atomic mass is 10.1. The summed E-state index contributed by atoms with van der Waals surface area (Å²) in [5, 5.41) is 16.0. The van der Waals surface area contributed by atoms with Crippen molar-refractivity contribution in [1.29, 1.82) is 0 Å². The van der Waals surface area contributed by atoms with Gasteiger partial charge in [-0.3, -0.25) is 14.3 Å². The van der Waals surface area contributed by atoms with Crippen molar-refractivity contribution in [3.05, 3.63) is 46.8 Å². The zero-order chi connectivity index (χ0) is 18.4. The first-order valence-electron chi connectivity index (χ1n) is 8.16. The lowest BCUT2D eigenvalue weighted by Gasteiger charge is -2.08. The molecule has 0 aliphatic heterocycles. The Kier molecular flexibility index (Phi) is 6.64. The van der Waals surface area contributed by atoms with Gasteiger partial charge in [-0.2, -0.15) is 16.9 Å². The van der Waals surface area contributed by atoms with E-state index in [1.807, 2.05) is 49.7 Å². The molecule has 2 rings (SSSR count). The Morgan fingerprint density at radius 3 is 2.72 bits per heavy atom. The molecule has 0 radical (unpaired) electrons. The summed E-state index contributed by atoms with van der Waals surface area (Å²) in [5.74, 6) is 0.334. The van der Waals surface area contributed by atoms with Crippen molar-refractivity contribution in [2.45, 2.75) is 39.5 Å². The minimum atomic E-state index is -0.785. The molecule has 0 fully saturated rings. The fourth-order valence-electron chi connectivity index (χ4n) is 2.62. The number of thioether (sulfide) groups is 1. The van der Waals surface area contributed by atoms with E-state index in [0.717, 1.165) is 29.2 Å². The predicted molar refractivity (Wildman–Crippen MR) is 100 cm³/mol. The summed E-state index contributed by atoms with van der Waals surface area (Å²) in [7, 11) is 0. The molecule has 1 aromatic heterocycles. The number of carboxylic acids is 1. The third-order valence-corrected chi connectivity index (χ3v) is 4.85. The molecular formula is C18H23N3O3S. The molecule has 1 heterocycles. The summed E-state index contributed by atoms with van der Waals surface area (Å²) in [6.45, 7) is 6.45. The number of benzene rings is 1. The van der Waals surface area contributed by atoms with Crippen molar-refractivity contribution in [1.82, 2.24) is 9.78 Å². The zero-order valence-corrected chi connectivity index (χ0v) is 15.5. The number of hydrogen-bond acceptors (Lipinski definition) is 4. The van der Waals surface area contributed by atoms with E-state index in [9.17, 15) is 9.59 Å². The molecule has 6 nitrogen and oxygen atoms in total. The van der Waals surface area contributed by atoms with Crippen LogP contribution in [-0.2, 0) is 17.1 Å². The highest BCUT2D eigenvalue weighted by atomic mass is 32.2. The molecule has 0 atom stereocenters.